The molecule has 0 aliphatic carbocycles. The topological polar surface area (TPSA) is 52.6 Å². The Balaban J connectivity index is 2.63. The Hall–Kier alpha value is -1.53. The van der Waals surface area contributed by atoms with E-state index in [0.29, 0.717) is 6.54 Å². The Morgan fingerprint density at radius 3 is 2.45 bits per heavy atom. The lowest BCUT2D eigenvalue weighted by Crippen LogP contribution is -2.41. The Labute approximate surface area is 117 Å². The molecular weight excluding hydrogens is 266 g/mol. The van der Waals surface area contributed by atoms with Gasteiger partial charge in [-0.05, 0) is 32.9 Å². The molecule has 0 saturated carbocycles. The van der Waals surface area contributed by atoms with Gasteiger partial charge in [0.1, 0.15) is 0 Å². The summed E-state index contributed by atoms with van der Waals surface area (Å²) in [6.45, 7) is 5.90. The Morgan fingerprint density at radius 2 is 1.95 bits per heavy atom. The van der Waals surface area contributed by atoms with Crippen LogP contribution in [0.3, 0.4) is 0 Å². The second kappa shape index (κ2) is 7.31. The molecule has 0 fully saturated rings. The van der Waals surface area contributed by atoms with Crippen molar-refractivity contribution in [2.24, 2.45) is 0 Å². The summed E-state index contributed by atoms with van der Waals surface area (Å²) in [4.78, 5) is 13.6. The molecule has 2 N–H and O–H groups in total. The third kappa shape index (κ3) is 5.22. The first-order chi connectivity index (χ1) is 9.29. The number of nitrogens with one attached hydrogen (secondary N) is 1. The van der Waals surface area contributed by atoms with Gasteiger partial charge in [-0.2, -0.15) is 0 Å². The smallest absolute Gasteiger partial charge is 0.238 e. The highest BCUT2D eigenvalue weighted by atomic mass is 19.2. The minimum Gasteiger partial charge on any atom is -0.392 e. The van der Waals surface area contributed by atoms with Gasteiger partial charge >= 0.3 is 0 Å². The van der Waals surface area contributed by atoms with Crippen LogP contribution in [0.2, 0.25) is 0 Å². The predicted molar refractivity (Wildman–Crippen MR) is 73.4 cm³/mol. The lowest BCUT2D eigenvalue weighted by molar-refractivity contribution is -0.118. The van der Waals surface area contributed by atoms with E-state index in [-0.39, 0.29) is 24.2 Å². The second-order valence-corrected chi connectivity index (χ2v) is 5.05. The van der Waals surface area contributed by atoms with Gasteiger partial charge in [0.25, 0.3) is 0 Å². The molecule has 0 bridgehead atoms. The molecule has 1 unspecified atom stereocenters. The minimum absolute atomic E-state index is 0.0710. The molecule has 0 heterocycles. The number of carbonyl (C=O) groups excluding carboxylic acids is 1. The first kappa shape index (κ1) is 16.5. The van der Waals surface area contributed by atoms with Gasteiger partial charge in [-0.3, -0.25) is 9.69 Å². The van der Waals surface area contributed by atoms with E-state index in [1.807, 2.05) is 13.8 Å². The number of aliphatic hydroxyl groups excluding tert-OH is 1. The maximum atomic E-state index is 13.0. The van der Waals surface area contributed by atoms with Crippen LogP contribution < -0.4 is 5.32 Å². The first-order valence-electron chi connectivity index (χ1n) is 6.46. The van der Waals surface area contributed by atoms with Crippen molar-refractivity contribution in [2.75, 3.05) is 18.4 Å². The van der Waals surface area contributed by atoms with Crippen molar-refractivity contribution in [3.05, 3.63) is 29.8 Å². The fraction of sp³-hybridized carbons (Fsp3) is 0.500. The quantitative estimate of drug-likeness (QED) is 0.841. The fourth-order valence-corrected chi connectivity index (χ4v) is 1.76. The molecule has 0 aliphatic heterocycles. The molecule has 0 spiro atoms. The van der Waals surface area contributed by atoms with E-state index in [4.69, 9.17) is 0 Å². The highest BCUT2D eigenvalue weighted by Crippen LogP contribution is 2.13. The number of amides is 1. The van der Waals surface area contributed by atoms with E-state index in [1.165, 1.54) is 6.07 Å². The first-order valence-corrected chi connectivity index (χ1v) is 6.46. The van der Waals surface area contributed by atoms with E-state index in [1.54, 1.807) is 11.8 Å². The van der Waals surface area contributed by atoms with Crippen LogP contribution in [0.15, 0.2) is 18.2 Å². The van der Waals surface area contributed by atoms with Crippen molar-refractivity contribution in [3.8, 4) is 0 Å². The van der Waals surface area contributed by atoms with Crippen molar-refractivity contribution in [3.63, 3.8) is 0 Å². The molecule has 1 rings (SSSR count). The van der Waals surface area contributed by atoms with E-state index in [0.717, 1.165) is 12.1 Å². The van der Waals surface area contributed by atoms with Gasteiger partial charge in [-0.25, -0.2) is 8.78 Å². The maximum absolute atomic E-state index is 13.0. The number of carbonyl (C=O) groups is 1. The number of aliphatic hydroxyl groups is 1. The van der Waals surface area contributed by atoms with Gasteiger partial charge in [0.2, 0.25) is 5.91 Å². The largest absolute Gasteiger partial charge is 0.392 e. The van der Waals surface area contributed by atoms with E-state index >= 15 is 0 Å². The van der Waals surface area contributed by atoms with Gasteiger partial charge in [0.15, 0.2) is 11.6 Å². The number of nitrogens with zero attached hydrogens (tertiary/aromatic N) is 1. The molecule has 6 heteroatoms. The molecule has 1 amide bonds. The predicted octanol–water partition coefficient (Wildman–Crippen LogP) is 1.99. The number of hydrogen-bond donors (Lipinski definition) is 2. The summed E-state index contributed by atoms with van der Waals surface area (Å²) in [5, 5.41) is 11.9. The van der Waals surface area contributed by atoms with Crippen molar-refractivity contribution < 1.29 is 18.7 Å². The highest BCUT2D eigenvalue weighted by Gasteiger charge is 2.16. The SMILES string of the molecule is CC(O)CN(CC(=O)Nc1ccc(F)c(F)c1)C(C)C. The van der Waals surface area contributed by atoms with Crippen LogP contribution in [0.1, 0.15) is 20.8 Å². The Morgan fingerprint density at radius 1 is 1.30 bits per heavy atom. The molecule has 0 aromatic heterocycles. The highest BCUT2D eigenvalue weighted by molar-refractivity contribution is 5.92. The number of anilines is 1. The summed E-state index contributed by atoms with van der Waals surface area (Å²) in [5.41, 5.74) is 0.203. The molecule has 0 aliphatic rings. The summed E-state index contributed by atoms with van der Waals surface area (Å²) in [6.07, 6.45) is -0.548. The fourth-order valence-electron chi connectivity index (χ4n) is 1.76. The molecule has 112 valence electrons. The lowest BCUT2D eigenvalue weighted by Gasteiger charge is -2.26. The van der Waals surface area contributed by atoms with Crippen molar-refractivity contribution in [1.29, 1.82) is 0 Å². The van der Waals surface area contributed by atoms with Crippen molar-refractivity contribution >= 4 is 11.6 Å². The van der Waals surface area contributed by atoms with Crippen LogP contribution in [-0.4, -0.2) is 41.1 Å². The molecular formula is C14H20F2N2O2. The third-order valence-corrected chi connectivity index (χ3v) is 2.78. The lowest BCUT2D eigenvalue weighted by atomic mass is 10.2. The average Bonchev–Trinajstić information content (AvgIpc) is 2.32. The van der Waals surface area contributed by atoms with Crippen LogP contribution in [0.5, 0.6) is 0 Å². The minimum atomic E-state index is -1.01. The van der Waals surface area contributed by atoms with Gasteiger partial charge in [0.05, 0.1) is 12.6 Å². The van der Waals surface area contributed by atoms with Crippen LogP contribution in [0, 0.1) is 11.6 Å². The molecule has 1 aromatic carbocycles. The maximum Gasteiger partial charge on any atom is 0.238 e. The zero-order chi connectivity index (χ0) is 15.3. The van der Waals surface area contributed by atoms with Crippen LogP contribution in [0.4, 0.5) is 14.5 Å². The monoisotopic (exact) mass is 286 g/mol. The Kier molecular flexibility index (Phi) is 6.04. The molecule has 1 aromatic rings. The molecule has 0 radical (unpaired) electrons. The van der Waals surface area contributed by atoms with Gasteiger partial charge < -0.3 is 10.4 Å². The summed E-state index contributed by atoms with van der Waals surface area (Å²) < 4.78 is 25.8. The van der Waals surface area contributed by atoms with E-state index in [9.17, 15) is 18.7 Å². The number of rotatable bonds is 6. The van der Waals surface area contributed by atoms with Crippen molar-refractivity contribution in [2.45, 2.75) is 32.9 Å². The molecule has 4 nitrogen and oxygen atoms in total. The van der Waals surface area contributed by atoms with Crippen molar-refractivity contribution in [1.82, 2.24) is 4.90 Å². The van der Waals surface area contributed by atoms with Gasteiger partial charge in [-0.1, -0.05) is 0 Å². The Bertz CT molecular complexity index is 464. The third-order valence-electron chi connectivity index (χ3n) is 2.78. The zero-order valence-electron chi connectivity index (χ0n) is 11.9. The van der Waals surface area contributed by atoms with Gasteiger partial charge in [-0.15, -0.1) is 0 Å². The van der Waals surface area contributed by atoms with Crippen LogP contribution in [-0.2, 0) is 4.79 Å². The standard InChI is InChI=1S/C14H20F2N2O2/c1-9(2)18(7-10(3)19)8-14(20)17-11-4-5-12(15)13(16)6-11/h4-6,9-10,19H,7-8H2,1-3H3,(H,17,20). The summed E-state index contributed by atoms with van der Waals surface area (Å²) in [5.74, 6) is -2.31. The van der Waals surface area contributed by atoms with E-state index < -0.39 is 17.7 Å². The summed E-state index contributed by atoms with van der Waals surface area (Å²) >= 11 is 0. The van der Waals surface area contributed by atoms with Crippen LogP contribution >= 0.6 is 0 Å². The summed E-state index contributed by atoms with van der Waals surface area (Å²) in [7, 11) is 0. The molecule has 1 atom stereocenters. The zero-order valence-corrected chi connectivity index (χ0v) is 11.9. The average molecular weight is 286 g/mol. The normalized spacial score (nSPS) is 12.8. The number of halogens is 2. The second-order valence-electron chi connectivity index (χ2n) is 5.05. The van der Waals surface area contributed by atoms with Crippen LogP contribution in [0.25, 0.3) is 0 Å². The molecule has 20 heavy (non-hydrogen) atoms. The van der Waals surface area contributed by atoms with Gasteiger partial charge in [0, 0.05) is 24.3 Å². The molecule has 0 saturated heterocycles. The number of hydrogen-bond acceptors (Lipinski definition) is 3. The van der Waals surface area contributed by atoms with E-state index in [2.05, 4.69) is 5.32 Å². The number of benzene rings is 1. The summed E-state index contributed by atoms with van der Waals surface area (Å²) in [6, 6.07) is 3.27.